The molecule has 0 aromatic heterocycles. The molecule has 1 saturated carbocycles. The minimum absolute atomic E-state index is 0. The highest BCUT2D eigenvalue weighted by molar-refractivity contribution is 4.96. The number of likely N-dealkylation sites (tertiary alicyclic amines) is 1. The van der Waals surface area contributed by atoms with E-state index >= 15 is 0 Å². The molecule has 3 nitrogen and oxygen atoms in total. The maximum Gasteiger partial charge on any atom is 0.0669 e. The number of likely N-dealkylation sites (N-methyl/N-ethyl adjacent to an activating group) is 1. The van der Waals surface area contributed by atoms with E-state index in [2.05, 4.69) is 37.2 Å². The van der Waals surface area contributed by atoms with Gasteiger partial charge in [0, 0.05) is 20.1 Å². The Bertz CT molecular complexity index is 265. The van der Waals surface area contributed by atoms with Crippen LogP contribution in [-0.2, 0) is 0 Å². The second-order valence-corrected chi connectivity index (χ2v) is 5.56. The quantitative estimate of drug-likeness (QED) is 0.822. The van der Waals surface area contributed by atoms with Crippen LogP contribution in [0.2, 0.25) is 0 Å². The first kappa shape index (κ1) is 15.5. The highest BCUT2D eigenvalue weighted by Crippen LogP contribution is 2.27. The lowest BCUT2D eigenvalue weighted by Crippen LogP contribution is -2.50. The van der Waals surface area contributed by atoms with E-state index in [0.717, 1.165) is 19.5 Å². The highest BCUT2D eigenvalue weighted by Gasteiger charge is 2.33. The highest BCUT2D eigenvalue weighted by atomic mass is 15.2. The number of hydrogen-bond acceptors (Lipinski definition) is 3. The second-order valence-electron chi connectivity index (χ2n) is 5.56. The predicted octanol–water partition coefficient (Wildman–Crippen LogP) is 3.02. The van der Waals surface area contributed by atoms with Crippen LogP contribution in [0.4, 0.5) is 0 Å². The molecule has 0 unspecified atom stereocenters. The summed E-state index contributed by atoms with van der Waals surface area (Å²) in [4.78, 5) is 2.54. The molecule has 18 heavy (non-hydrogen) atoms. The third-order valence-electron chi connectivity index (χ3n) is 3.97. The van der Waals surface area contributed by atoms with E-state index in [9.17, 15) is 0 Å². The van der Waals surface area contributed by atoms with Gasteiger partial charge >= 0.3 is 0 Å². The average molecular weight is 253 g/mol. The van der Waals surface area contributed by atoms with Crippen LogP contribution in [0.25, 0.3) is 0 Å². The molecule has 0 aromatic carbocycles. The van der Waals surface area contributed by atoms with Gasteiger partial charge in [0.05, 0.1) is 12.0 Å². The Balaban J connectivity index is 0.000000742. The van der Waals surface area contributed by atoms with Crippen LogP contribution in [0.1, 0.15) is 53.8 Å². The molecule has 106 valence electrons. The van der Waals surface area contributed by atoms with Crippen molar-refractivity contribution in [3.8, 4) is 6.07 Å². The van der Waals surface area contributed by atoms with Gasteiger partial charge in [-0.3, -0.25) is 4.90 Å². The van der Waals surface area contributed by atoms with Gasteiger partial charge in [-0.1, -0.05) is 33.1 Å². The molecule has 0 amide bonds. The lowest BCUT2D eigenvalue weighted by molar-refractivity contribution is 0.150. The summed E-state index contributed by atoms with van der Waals surface area (Å²) < 4.78 is 0. The SMILES string of the molecule is CCC.CN[C@H]1CCCC[C@@H]1N1CC[C@H](C#N)C1.[HH]. The van der Waals surface area contributed by atoms with Gasteiger partial charge in [-0.05, 0) is 32.9 Å². The molecule has 0 radical (unpaired) electrons. The molecule has 3 heteroatoms. The lowest BCUT2D eigenvalue weighted by Gasteiger charge is -2.37. The first-order chi connectivity index (χ1) is 8.76. The molecule has 0 bridgehead atoms. The number of rotatable bonds is 2. The van der Waals surface area contributed by atoms with Crippen LogP contribution < -0.4 is 5.32 Å². The van der Waals surface area contributed by atoms with Crippen molar-refractivity contribution in [2.24, 2.45) is 5.92 Å². The van der Waals surface area contributed by atoms with Gasteiger partial charge in [0.2, 0.25) is 0 Å². The molecular formula is C15H31N3. The molecule has 1 saturated heterocycles. The van der Waals surface area contributed by atoms with Gasteiger partial charge in [-0.25, -0.2) is 0 Å². The first-order valence-corrected chi connectivity index (χ1v) is 7.57. The third-order valence-corrected chi connectivity index (χ3v) is 3.97. The van der Waals surface area contributed by atoms with Crippen molar-refractivity contribution in [2.45, 2.75) is 64.5 Å². The molecule has 1 aliphatic carbocycles. The molecule has 1 heterocycles. The Labute approximate surface area is 114 Å². The van der Waals surface area contributed by atoms with E-state index in [4.69, 9.17) is 5.26 Å². The Morgan fingerprint density at radius 3 is 2.50 bits per heavy atom. The molecule has 2 aliphatic rings. The summed E-state index contributed by atoms with van der Waals surface area (Å²) in [6, 6.07) is 3.74. The number of nitriles is 1. The molecule has 2 rings (SSSR count). The summed E-state index contributed by atoms with van der Waals surface area (Å²) in [7, 11) is 2.07. The monoisotopic (exact) mass is 253 g/mol. The van der Waals surface area contributed by atoms with Crippen molar-refractivity contribution < 1.29 is 1.43 Å². The lowest BCUT2D eigenvalue weighted by atomic mass is 9.89. The summed E-state index contributed by atoms with van der Waals surface area (Å²) in [5.41, 5.74) is 0. The van der Waals surface area contributed by atoms with Gasteiger partial charge in [-0.2, -0.15) is 5.26 Å². The zero-order valence-electron chi connectivity index (χ0n) is 12.3. The van der Waals surface area contributed by atoms with Crippen LogP contribution in [-0.4, -0.2) is 37.1 Å². The topological polar surface area (TPSA) is 39.1 Å². The van der Waals surface area contributed by atoms with Crippen LogP contribution in [0.3, 0.4) is 0 Å². The fourth-order valence-corrected chi connectivity index (χ4v) is 3.08. The fraction of sp³-hybridized carbons (Fsp3) is 0.933. The summed E-state index contributed by atoms with van der Waals surface area (Å²) in [5.74, 6) is 0.282. The smallest absolute Gasteiger partial charge is 0.0669 e. The summed E-state index contributed by atoms with van der Waals surface area (Å²) in [6.07, 6.45) is 7.65. The van der Waals surface area contributed by atoms with E-state index in [-0.39, 0.29) is 7.34 Å². The molecule has 0 aromatic rings. The average Bonchev–Trinajstić information content (AvgIpc) is 2.88. The van der Waals surface area contributed by atoms with Gasteiger partial charge in [0.1, 0.15) is 0 Å². The first-order valence-electron chi connectivity index (χ1n) is 7.57. The Morgan fingerprint density at radius 2 is 1.94 bits per heavy atom. The third kappa shape index (κ3) is 4.26. The van der Waals surface area contributed by atoms with Crippen LogP contribution >= 0.6 is 0 Å². The van der Waals surface area contributed by atoms with Gasteiger partial charge in [0.25, 0.3) is 0 Å². The van der Waals surface area contributed by atoms with E-state index in [1.54, 1.807) is 0 Å². The molecular weight excluding hydrogens is 222 g/mol. The van der Waals surface area contributed by atoms with Crippen molar-refractivity contribution in [1.29, 1.82) is 5.26 Å². The molecule has 1 aliphatic heterocycles. The standard InChI is InChI=1S/C12H21N3.C3H8.H2/c1-14-11-4-2-3-5-12(11)15-7-6-10(8-13)9-15;1-3-2;/h10-12,14H,2-7,9H2,1H3;3H2,1-2H3;1H/t10-,11+,12+;;/m1../s1. The Kier molecular flexibility index (Phi) is 7.31. The maximum atomic E-state index is 8.91. The van der Waals surface area contributed by atoms with Crippen molar-refractivity contribution in [1.82, 2.24) is 10.2 Å². The van der Waals surface area contributed by atoms with Crippen LogP contribution in [0, 0.1) is 17.2 Å². The predicted molar refractivity (Wildman–Crippen MR) is 78.5 cm³/mol. The summed E-state index contributed by atoms with van der Waals surface area (Å²) in [6.45, 7) is 6.38. The van der Waals surface area contributed by atoms with Gasteiger partial charge in [0.15, 0.2) is 0 Å². The molecule has 3 atom stereocenters. The van der Waals surface area contributed by atoms with Crippen molar-refractivity contribution in [2.75, 3.05) is 20.1 Å². The van der Waals surface area contributed by atoms with Crippen LogP contribution in [0.5, 0.6) is 0 Å². The Hall–Kier alpha value is -0.590. The molecule has 0 spiro atoms. The van der Waals surface area contributed by atoms with Crippen molar-refractivity contribution in [3.05, 3.63) is 0 Å². The second kappa shape index (κ2) is 8.50. The van der Waals surface area contributed by atoms with E-state index in [1.807, 2.05) is 0 Å². The number of nitrogens with zero attached hydrogens (tertiary/aromatic N) is 2. The Morgan fingerprint density at radius 1 is 1.28 bits per heavy atom. The summed E-state index contributed by atoms with van der Waals surface area (Å²) in [5, 5.41) is 12.4. The van der Waals surface area contributed by atoms with Gasteiger partial charge in [-0.15, -0.1) is 0 Å². The van der Waals surface area contributed by atoms with E-state index in [0.29, 0.717) is 12.1 Å². The van der Waals surface area contributed by atoms with Crippen molar-refractivity contribution in [3.63, 3.8) is 0 Å². The summed E-state index contributed by atoms with van der Waals surface area (Å²) >= 11 is 0. The zero-order valence-corrected chi connectivity index (χ0v) is 12.3. The largest absolute Gasteiger partial charge is 0.315 e. The van der Waals surface area contributed by atoms with Crippen LogP contribution in [0.15, 0.2) is 0 Å². The number of hydrogen-bond donors (Lipinski definition) is 1. The minimum atomic E-state index is 0. The van der Waals surface area contributed by atoms with Gasteiger partial charge < -0.3 is 5.32 Å². The molecule has 1 N–H and O–H groups in total. The maximum absolute atomic E-state index is 8.91. The molecule has 2 fully saturated rings. The normalized spacial score (nSPS) is 32.4. The van der Waals surface area contributed by atoms with Crippen molar-refractivity contribution >= 4 is 0 Å². The minimum Gasteiger partial charge on any atom is -0.315 e. The fourth-order valence-electron chi connectivity index (χ4n) is 3.08. The number of nitrogens with one attached hydrogen (secondary N) is 1. The van der Waals surface area contributed by atoms with E-state index < -0.39 is 0 Å². The zero-order chi connectivity index (χ0) is 13.4. The van der Waals surface area contributed by atoms with E-state index in [1.165, 1.54) is 32.1 Å².